The number of amides is 1. The fraction of sp³-hybridized carbons (Fsp3) is 0.526. The highest BCUT2D eigenvalue weighted by atomic mass is 32.1. The SMILES string of the molecule is CCC(CC)c1nnc(NC(=O)CCc2ccc(C(C)C)cc2)s1. The van der Waals surface area contributed by atoms with Crippen molar-refractivity contribution in [2.75, 3.05) is 5.32 Å². The highest BCUT2D eigenvalue weighted by molar-refractivity contribution is 7.15. The zero-order valence-electron chi connectivity index (χ0n) is 15.0. The molecule has 1 amide bonds. The fourth-order valence-electron chi connectivity index (χ4n) is 2.60. The first-order valence-corrected chi connectivity index (χ1v) is 9.57. The first-order chi connectivity index (χ1) is 11.5. The summed E-state index contributed by atoms with van der Waals surface area (Å²) >= 11 is 1.49. The number of aryl methyl sites for hydroxylation is 1. The van der Waals surface area contributed by atoms with Crippen LogP contribution in [0.3, 0.4) is 0 Å². The maximum atomic E-state index is 12.1. The molecule has 1 aromatic heterocycles. The van der Waals surface area contributed by atoms with Gasteiger partial charge in [0.1, 0.15) is 5.01 Å². The smallest absolute Gasteiger partial charge is 0.226 e. The van der Waals surface area contributed by atoms with Gasteiger partial charge in [0, 0.05) is 12.3 Å². The van der Waals surface area contributed by atoms with Crippen LogP contribution < -0.4 is 5.32 Å². The Morgan fingerprint density at radius 2 is 1.79 bits per heavy atom. The molecule has 0 saturated carbocycles. The molecule has 2 rings (SSSR count). The van der Waals surface area contributed by atoms with Crippen molar-refractivity contribution in [2.24, 2.45) is 0 Å². The highest BCUT2D eigenvalue weighted by Crippen LogP contribution is 2.28. The van der Waals surface area contributed by atoms with Crippen LogP contribution in [0.25, 0.3) is 0 Å². The van der Waals surface area contributed by atoms with Gasteiger partial charge in [-0.25, -0.2) is 0 Å². The lowest BCUT2D eigenvalue weighted by atomic mass is 10.0. The second-order valence-corrected chi connectivity index (χ2v) is 7.41. The first kappa shape index (κ1) is 18.6. The van der Waals surface area contributed by atoms with E-state index in [0.717, 1.165) is 24.3 Å². The summed E-state index contributed by atoms with van der Waals surface area (Å²) in [6.45, 7) is 8.66. The maximum Gasteiger partial charge on any atom is 0.226 e. The molecule has 0 bridgehead atoms. The number of benzene rings is 1. The van der Waals surface area contributed by atoms with Gasteiger partial charge in [0.15, 0.2) is 0 Å². The number of hydrogen-bond acceptors (Lipinski definition) is 4. The van der Waals surface area contributed by atoms with Gasteiger partial charge in [0.2, 0.25) is 11.0 Å². The fourth-order valence-corrected chi connectivity index (χ4v) is 3.62. The summed E-state index contributed by atoms with van der Waals surface area (Å²) in [5.41, 5.74) is 2.51. The molecular weight excluding hydrogens is 318 g/mol. The van der Waals surface area contributed by atoms with E-state index >= 15 is 0 Å². The number of nitrogens with one attached hydrogen (secondary N) is 1. The Labute approximate surface area is 148 Å². The molecule has 1 N–H and O–H groups in total. The van der Waals surface area contributed by atoms with Crippen molar-refractivity contribution >= 4 is 22.4 Å². The van der Waals surface area contributed by atoms with Gasteiger partial charge in [-0.15, -0.1) is 10.2 Å². The van der Waals surface area contributed by atoms with Crippen molar-refractivity contribution < 1.29 is 4.79 Å². The summed E-state index contributed by atoms with van der Waals surface area (Å²) in [5.74, 6) is 0.965. The minimum absolute atomic E-state index is 0.00446. The van der Waals surface area contributed by atoms with Crippen LogP contribution in [-0.4, -0.2) is 16.1 Å². The minimum Gasteiger partial charge on any atom is -0.301 e. The molecule has 2 aromatic rings. The normalized spacial score (nSPS) is 11.2. The van der Waals surface area contributed by atoms with Crippen LogP contribution in [-0.2, 0) is 11.2 Å². The second-order valence-electron chi connectivity index (χ2n) is 6.40. The summed E-state index contributed by atoms with van der Waals surface area (Å²) < 4.78 is 0. The van der Waals surface area contributed by atoms with Crippen LogP contribution in [0.5, 0.6) is 0 Å². The second kappa shape index (κ2) is 8.92. The van der Waals surface area contributed by atoms with Crippen LogP contribution in [0.1, 0.15) is 74.9 Å². The molecule has 0 aliphatic heterocycles. The molecule has 1 aromatic carbocycles. The average Bonchev–Trinajstić information content (AvgIpc) is 3.02. The van der Waals surface area contributed by atoms with Crippen LogP contribution in [0.15, 0.2) is 24.3 Å². The molecule has 0 aliphatic rings. The quantitative estimate of drug-likeness (QED) is 0.721. The Bertz CT molecular complexity index is 645. The number of anilines is 1. The van der Waals surface area contributed by atoms with Gasteiger partial charge in [0.05, 0.1) is 0 Å². The third-order valence-electron chi connectivity index (χ3n) is 4.31. The number of carbonyl (C=O) groups is 1. The first-order valence-electron chi connectivity index (χ1n) is 8.75. The largest absolute Gasteiger partial charge is 0.301 e. The van der Waals surface area contributed by atoms with E-state index in [9.17, 15) is 4.79 Å². The topological polar surface area (TPSA) is 54.9 Å². The van der Waals surface area contributed by atoms with E-state index in [1.54, 1.807) is 0 Å². The molecule has 5 heteroatoms. The molecule has 0 atom stereocenters. The lowest BCUT2D eigenvalue weighted by Crippen LogP contribution is -2.12. The Kier molecular flexibility index (Phi) is 6.91. The van der Waals surface area contributed by atoms with Crippen molar-refractivity contribution in [1.29, 1.82) is 0 Å². The molecule has 0 saturated heterocycles. The van der Waals surface area contributed by atoms with Gasteiger partial charge in [0.25, 0.3) is 0 Å². The zero-order chi connectivity index (χ0) is 17.5. The minimum atomic E-state index is -0.00446. The van der Waals surface area contributed by atoms with E-state index in [0.29, 0.717) is 23.4 Å². The van der Waals surface area contributed by atoms with E-state index in [4.69, 9.17) is 0 Å². The van der Waals surface area contributed by atoms with Crippen LogP contribution in [0, 0.1) is 0 Å². The molecule has 0 fully saturated rings. The predicted octanol–water partition coefficient (Wildman–Crippen LogP) is 5.14. The van der Waals surface area contributed by atoms with Crippen molar-refractivity contribution in [2.45, 2.75) is 65.2 Å². The van der Waals surface area contributed by atoms with E-state index < -0.39 is 0 Å². The third-order valence-corrected chi connectivity index (χ3v) is 5.31. The van der Waals surface area contributed by atoms with Gasteiger partial charge < -0.3 is 5.32 Å². The Balaban J connectivity index is 1.85. The van der Waals surface area contributed by atoms with Gasteiger partial charge in [-0.05, 0) is 36.3 Å². The van der Waals surface area contributed by atoms with E-state index in [1.807, 2.05) is 0 Å². The number of carbonyl (C=O) groups excluding carboxylic acids is 1. The maximum absolute atomic E-state index is 12.1. The van der Waals surface area contributed by atoms with Crippen LogP contribution >= 0.6 is 11.3 Å². The standard InChI is InChI=1S/C19H27N3OS/c1-5-15(6-2)18-21-22-19(24-18)20-17(23)12-9-14-7-10-16(11-8-14)13(3)4/h7-8,10-11,13,15H,5-6,9,12H2,1-4H3,(H,20,22,23). The summed E-state index contributed by atoms with van der Waals surface area (Å²) in [6, 6.07) is 8.51. The van der Waals surface area contributed by atoms with Crippen molar-refractivity contribution in [3.63, 3.8) is 0 Å². The Morgan fingerprint density at radius 1 is 1.12 bits per heavy atom. The van der Waals surface area contributed by atoms with Crippen LogP contribution in [0.4, 0.5) is 5.13 Å². The predicted molar refractivity (Wildman–Crippen MR) is 101 cm³/mol. The van der Waals surface area contributed by atoms with Crippen LogP contribution in [0.2, 0.25) is 0 Å². The molecular formula is C19H27N3OS. The number of nitrogens with zero attached hydrogens (tertiary/aromatic N) is 2. The molecule has 0 aliphatic carbocycles. The van der Waals surface area contributed by atoms with Crippen molar-refractivity contribution in [1.82, 2.24) is 10.2 Å². The summed E-state index contributed by atoms with van der Waals surface area (Å²) in [4.78, 5) is 12.1. The molecule has 130 valence electrons. The third kappa shape index (κ3) is 5.13. The number of rotatable bonds is 8. The van der Waals surface area contributed by atoms with E-state index in [2.05, 4.69) is 67.5 Å². The number of aromatic nitrogens is 2. The van der Waals surface area contributed by atoms with Gasteiger partial charge in [-0.2, -0.15) is 0 Å². The molecule has 0 unspecified atom stereocenters. The van der Waals surface area contributed by atoms with E-state index in [-0.39, 0.29) is 5.91 Å². The van der Waals surface area contributed by atoms with Gasteiger partial charge in [-0.3, -0.25) is 4.79 Å². The van der Waals surface area contributed by atoms with Crippen molar-refractivity contribution in [3.05, 3.63) is 40.4 Å². The Morgan fingerprint density at radius 3 is 2.38 bits per heavy atom. The van der Waals surface area contributed by atoms with E-state index in [1.165, 1.54) is 22.5 Å². The summed E-state index contributed by atoms with van der Waals surface area (Å²) in [7, 11) is 0. The lowest BCUT2D eigenvalue weighted by molar-refractivity contribution is -0.116. The molecule has 0 spiro atoms. The molecule has 24 heavy (non-hydrogen) atoms. The highest BCUT2D eigenvalue weighted by Gasteiger charge is 2.14. The monoisotopic (exact) mass is 345 g/mol. The van der Waals surface area contributed by atoms with Gasteiger partial charge >= 0.3 is 0 Å². The molecule has 1 heterocycles. The lowest BCUT2D eigenvalue weighted by Gasteiger charge is -2.07. The Hall–Kier alpha value is -1.75. The summed E-state index contributed by atoms with van der Waals surface area (Å²) in [6.07, 6.45) is 3.29. The average molecular weight is 346 g/mol. The molecule has 0 radical (unpaired) electrons. The van der Waals surface area contributed by atoms with Gasteiger partial charge in [-0.1, -0.05) is 63.3 Å². The molecule has 4 nitrogen and oxygen atoms in total. The summed E-state index contributed by atoms with van der Waals surface area (Å²) in [5, 5.41) is 12.8. The number of hydrogen-bond donors (Lipinski definition) is 1. The van der Waals surface area contributed by atoms with Crippen molar-refractivity contribution in [3.8, 4) is 0 Å². The zero-order valence-corrected chi connectivity index (χ0v) is 15.8.